The van der Waals surface area contributed by atoms with Crippen LogP contribution < -0.4 is 0 Å². The van der Waals surface area contributed by atoms with Crippen molar-refractivity contribution in [3.05, 3.63) is 51.5 Å². The van der Waals surface area contributed by atoms with E-state index in [0.717, 1.165) is 16.3 Å². The molecule has 2 aromatic rings. The van der Waals surface area contributed by atoms with Crippen LogP contribution in [0.2, 0.25) is 0 Å². The van der Waals surface area contributed by atoms with Gasteiger partial charge in [-0.2, -0.15) is 0 Å². The molecule has 86 valence electrons. The average Bonchev–Trinajstić information content (AvgIpc) is 2.74. The van der Waals surface area contributed by atoms with Gasteiger partial charge in [0, 0.05) is 17.4 Å². The van der Waals surface area contributed by atoms with Crippen molar-refractivity contribution in [1.29, 1.82) is 5.53 Å². The summed E-state index contributed by atoms with van der Waals surface area (Å²) in [6.45, 7) is 1.95. The average molecular weight is 245 g/mol. The van der Waals surface area contributed by atoms with E-state index >= 15 is 0 Å². The highest BCUT2D eigenvalue weighted by Gasteiger charge is 2.11. The number of aromatic nitrogens is 1. The van der Waals surface area contributed by atoms with E-state index in [1.54, 1.807) is 23.5 Å². The molecule has 1 N–H and O–H groups in total. The van der Waals surface area contributed by atoms with Crippen molar-refractivity contribution in [3.63, 3.8) is 0 Å². The smallest absolute Gasteiger partial charge is 0.265 e. The minimum absolute atomic E-state index is 0.480. The van der Waals surface area contributed by atoms with E-state index in [-0.39, 0.29) is 0 Å². The largest absolute Gasteiger partial charge is 0.295 e. The number of rotatable bonds is 3. The highest BCUT2D eigenvalue weighted by atomic mass is 32.1. The molecule has 1 aromatic carbocycles. The van der Waals surface area contributed by atoms with Crippen molar-refractivity contribution >= 4 is 17.2 Å². The SMILES string of the molecule is Cc1nc(Cc2ccccc2C(=O)N=N)cs1. The lowest BCUT2D eigenvalue weighted by Gasteiger charge is -2.03. The number of carbonyl (C=O) groups is 1. The molecule has 0 unspecified atom stereocenters. The van der Waals surface area contributed by atoms with Crippen LogP contribution >= 0.6 is 11.3 Å². The number of hydrogen-bond acceptors (Lipinski definition) is 4. The first-order valence-corrected chi connectivity index (χ1v) is 5.99. The van der Waals surface area contributed by atoms with Gasteiger partial charge in [0.15, 0.2) is 0 Å². The zero-order valence-corrected chi connectivity index (χ0v) is 10.1. The Kier molecular flexibility index (Phi) is 3.39. The Balaban J connectivity index is 2.32. The second kappa shape index (κ2) is 4.97. The fourth-order valence-electron chi connectivity index (χ4n) is 1.63. The summed E-state index contributed by atoms with van der Waals surface area (Å²) in [5.74, 6) is -0.507. The van der Waals surface area contributed by atoms with Crippen molar-refractivity contribution in [2.45, 2.75) is 13.3 Å². The fraction of sp³-hybridized carbons (Fsp3) is 0.167. The monoisotopic (exact) mass is 245 g/mol. The zero-order valence-electron chi connectivity index (χ0n) is 9.30. The van der Waals surface area contributed by atoms with E-state index < -0.39 is 5.91 Å². The lowest BCUT2D eigenvalue weighted by atomic mass is 10.0. The first-order chi connectivity index (χ1) is 8.20. The van der Waals surface area contributed by atoms with Gasteiger partial charge in [0.1, 0.15) is 0 Å². The van der Waals surface area contributed by atoms with Gasteiger partial charge in [-0.05, 0) is 18.6 Å². The number of hydrogen-bond donors (Lipinski definition) is 1. The quantitative estimate of drug-likeness (QED) is 0.844. The van der Waals surface area contributed by atoms with Crippen LogP contribution in [0.15, 0.2) is 34.8 Å². The molecule has 0 radical (unpaired) electrons. The number of nitrogens with zero attached hydrogens (tertiary/aromatic N) is 2. The number of nitrogens with one attached hydrogen (secondary N) is 1. The lowest BCUT2D eigenvalue weighted by Crippen LogP contribution is -2.01. The van der Waals surface area contributed by atoms with Gasteiger partial charge in [-0.3, -0.25) is 4.79 Å². The van der Waals surface area contributed by atoms with Gasteiger partial charge in [-0.1, -0.05) is 18.2 Å². The number of thiazole rings is 1. The molecule has 1 amide bonds. The van der Waals surface area contributed by atoms with Crippen LogP contribution in [-0.4, -0.2) is 10.9 Å². The van der Waals surface area contributed by atoms with E-state index in [1.807, 2.05) is 24.4 Å². The predicted molar refractivity (Wildman–Crippen MR) is 65.6 cm³/mol. The molecule has 0 saturated heterocycles. The third-order valence-electron chi connectivity index (χ3n) is 2.39. The first-order valence-electron chi connectivity index (χ1n) is 5.11. The number of amides is 1. The number of carbonyl (C=O) groups excluding carboxylic acids is 1. The second-order valence-electron chi connectivity index (χ2n) is 3.61. The molecule has 5 heteroatoms. The summed E-state index contributed by atoms with van der Waals surface area (Å²) in [5.41, 5.74) is 9.07. The molecule has 0 saturated carbocycles. The van der Waals surface area contributed by atoms with E-state index in [0.29, 0.717) is 12.0 Å². The Morgan fingerprint density at radius 1 is 1.47 bits per heavy atom. The van der Waals surface area contributed by atoms with Crippen molar-refractivity contribution in [3.8, 4) is 0 Å². The van der Waals surface area contributed by atoms with Gasteiger partial charge in [0.05, 0.1) is 10.7 Å². The fourth-order valence-corrected chi connectivity index (χ4v) is 2.24. The van der Waals surface area contributed by atoms with Crippen molar-refractivity contribution in [2.24, 2.45) is 5.11 Å². The highest BCUT2D eigenvalue weighted by Crippen LogP contribution is 2.17. The van der Waals surface area contributed by atoms with E-state index in [9.17, 15) is 4.79 Å². The topological polar surface area (TPSA) is 66.2 Å². The van der Waals surface area contributed by atoms with E-state index in [2.05, 4.69) is 10.1 Å². The maximum absolute atomic E-state index is 11.5. The highest BCUT2D eigenvalue weighted by molar-refractivity contribution is 7.09. The summed E-state index contributed by atoms with van der Waals surface area (Å²) in [7, 11) is 0. The Bertz CT molecular complexity index is 562. The Morgan fingerprint density at radius 2 is 2.24 bits per heavy atom. The molecular formula is C12H11N3OS. The van der Waals surface area contributed by atoms with Gasteiger partial charge in [0.25, 0.3) is 5.91 Å². The summed E-state index contributed by atoms with van der Waals surface area (Å²) in [5, 5.41) is 5.95. The summed E-state index contributed by atoms with van der Waals surface area (Å²) in [6, 6.07) is 7.20. The molecule has 4 nitrogen and oxygen atoms in total. The molecule has 17 heavy (non-hydrogen) atoms. The van der Waals surface area contributed by atoms with E-state index in [1.165, 1.54) is 0 Å². The third-order valence-corrected chi connectivity index (χ3v) is 3.21. The summed E-state index contributed by atoms with van der Waals surface area (Å²) in [4.78, 5) is 15.8. The van der Waals surface area contributed by atoms with Crippen molar-refractivity contribution < 1.29 is 4.79 Å². The van der Waals surface area contributed by atoms with Crippen LogP contribution in [0.5, 0.6) is 0 Å². The third kappa shape index (κ3) is 2.62. The minimum atomic E-state index is -0.507. The van der Waals surface area contributed by atoms with Gasteiger partial charge in [0.2, 0.25) is 0 Å². The van der Waals surface area contributed by atoms with Crippen molar-refractivity contribution in [1.82, 2.24) is 4.98 Å². The predicted octanol–water partition coefficient (Wildman–Crippen LogP) is 3.21. The van der Waals surface area contributed by atoms with Crippen LogP contribution in [0.1, 0.15) is 26.6 Å². The summed E-state index contributed by atoms with van der Waals surface area (Å²) in [6.07, 6.45) is 0.599. The summed E-state index contributed by atoms with van der Waals surface area (Å²) < 4.78 is 0. The second-order valence-corrected chi connectivity index (χ2v) is 4.67. The molecule has 0 atom stereocenters. The molecule has 0 aliphatic heterocycles. The Labute approximate surface area is 103 Å². The van der Waals surface area contributed by atoms with Crippen LogP contribution in [0.4, 0.5) is 0 Å². The number of benzene rings is 1. The molecule has 0 bridgehead atoms. The van der Waals surface area contributed by atoms with E-state index in [4.69, 9.17) is 5.53 Å². The zero-order chi connectivity index (χ0) is 12.3. The molecule has 0 aliphatic carbocycles. The standard InChI is InChI=1S/C12H11N3OS/c1-8-14-10(7-17-8)6-9-4-2-3-5-11(9)12(16)15-13/h2-5,7,13H,6H2,1H3. The first kappa shape index (κ1) is 11.6. The Morgan fingerprint density at radius 3 is 2.88 bits per heavy atom. The van der Waals surface area contributed by atoms with Crippen LogP contribution in [0.3, 0.4) is 0 Å². The van der Waals surface area contributed by atoms with Crippen LogP contribution in [0, 0.1) is 12.5 Å². The maximum Gasteiger partial charge on any atom is 0.295 e. The van der Waals surface area contributed by atoms with Crippen LogP contribution in [0.25, 0.3) is 0 Å². The minimum Gasteiger partial charge on any atom is -0.265 e. The Hall–Kier alpha value is -1.88. The number of aryl methyl sites for hydroxylation is 1. The van der Waals surface area contributed by atoms with Gasteiger partial charge >= 0.3 is 0 Å². The molecule has 1 aromatic heterocycles. The van der Waals surface area contributed by atoms with Crippen molar-refractivity contribution in [2.75, 3.05) is 0 Å². The molecule has 0 spiro atoms. The van der Waals surface area contributed by atoms with Gasteiger partial charge in [-0.15, -0.1) is 16.5 Å². The summed E-state index contributed by atoms with van der Waals surface area (Å²) >= 11 is 1.59. The molecule has 0 aliphatic rings. The lowest BCUT2D eigenvalue weighted by molar-refractivity contribution is 0.0990. The van der Waals surface area contributed by atoms with Gasteiger partial charge < -0.3 is 0 Å². The normalized spacial score (nSPS) is 10.2. The molecule has 1 heterocycles. The molecular weight excluding hydrogens is 234 g/mol. The maximum atomic E-state index is 11.5. The van der Waals surface area contributed by atoms with Gasteiger partial charge in [-0.25, -0.2) is 10.5 Å². The molecule has 0 fully saturated rings. The molecule has 2 rings (SSSR count). The van der Waals surface area contributed by atoms with Crippen LogP contribution in [-0.2, 0) is 6.42 Å².